The van der Waals surface area contributed by atoms with Crippen LogP contribution in [0.5, 0.6) is 0 Å². The lowest BCUT2D eigenvalue weighted by Crippen LogP contribution is -2.41. The zero-order chi connectivity index (χ0) is 16.5. The monoisotopic (exact) mass is 324 g/mol. The molecule has 1 aromatic carbocycles. The van der Waals surface area contributed by atoms with Gasteiger partial charge in [0, 0.05) is 10.9 Å². The molecule has 6 nitrogen and oxygen atoms in total. The van der Waals surface area contributed by atoms with Gasteiger partial charge in [0.1, 0.15) is 0 Å². The minimum absolute atomic E-state index is 0.00488. The van der Waals surface area contributed by atoms with E-state index >= 15 is 0 Å². The summed E-state index contributed by atoms with van der Waals surface area (Å²) in [6.07, 6.45) is 1.85. The predicted octanol–water partition coefficient (Wildman–Crippen LogP) is 1.21. The van der Waals surface area contributed by atoms with Crippen molar-refractivity contribution < 1.29 is 19.1 Å². The number of carbonyl (C=O) groups excluding carboxylic acids is 3. The summed E-state index contributed by atoms with van der Waals surface area (Å²) in [7, 11) is 0. The van der Waals surface area contributed by atoms with Gasteiger partial charge in [0.25, 0.3) is 5.91 Å². The van der Waals surface area contributed by atoms with E-state index in [2.05, 4.69) is 10.6 Å². The summed E-state index contributed by atoms with van der Waals surface area (Å²) in [6, 6.07) is 7.00. The van der Waals surface area contributed by atoms with Crippen LogP contribution < -0.4 is 10.6 Å². The highest BCUT2D eigenvalue weighted by Gasteiger charge is 2.14. The van der Waals surface area contributed by atoms with E-state index in [0.717, 1.165) is 4.90 Å². The van der Waals surface area contributed by atoms with E-state index in [-0.39, 0.29) is 18.5 Å². The van der Waals surface area contributed by atoms with Crippen LogP contribution in [0.15, 0.2) is 29.2 Å². The van der Waals surface area contributed by atoms with E-state index in [0.29, 0.717) is 5.56 Å². The Morgan fingerprint density at radius 1 is 1.18 bits per heavy atom. The number of nitrogens with one attached hydrogen (secondary N) is 2. The summed E-state index contributed by atoms with van der Waals surface area (Å²) in [4.78, 5) is 35.6. The Kier molecular flexibility index (Phi) is 7.45. The minimum atomic E-state index is -0.563. The molecule has 120 valence electrons. The van der Waals surface area contributed by atoms with Crippen LogP contribution in [0, 0.1) is 0 Å². The zero-order valence-corrected chi connectivity index (χ0v) is 13.7. The first-order valence-electron chi connectivity index (χ1n) is 6.80. The van der Waals surface area contributed by atoms with Crippen molar-refractivity contribution >= 4 is 29.5 Å². The number of thioether (sulfide) groups is 1. The molecule has 0 bridgehead atoms. The topological polar surface area (TPSA) is 84.5 Å². The van der Waals surface area contributed by atoms with Gasteiger partial charge in [-0.3, -0.25) is 9.59 Å². The number of hydrogen-bond donors (Lipinski definition) is 2. The second-order valence-corrected chi connectivity index (χ2v) is 5.62. The standard InChI is InChI=1S/C15H20N2O4S/c1-10(2)17-13(18)8-16-14(19)9-21-15(20)11-6-4-5-7-12(11)22-3/h4-7,10H,8-9H2,1-3H3,(H,16,19)(H,17,18). The van der Waals surface area contributed by atoms with Crippen molar-refractivity contribution in [2.75, 3.05) is 19.4 Å². The third-order valence-electron chi connectivity index (χ3n) is 2.56. The lowest BCUT2D eigenvalue weighted by Gasteiger charge is -2.10. The first-order valence-corrected chi connectivity index (χ1v) is 8.02. The molecule has 0 saturated carbocycles. The highest BCUT2D eigenvalue weighted by Crippen LogP contribution is 2.20. The molecule has 0 heterocycles. The Labute approximate surface area is 134 Å². The van der Waals surface area contributed by atoms with Gasteiger partial charge >= 0.3 is 5.97 Å². The number of carbonyl (C=O) groups is 3. The van der Waals surface area contributed by atoms with Gasteiger partial charge in [-0.1, -0.05) is 12.1 Å². The molecular formula is C15H20N2O4S. The maximum Gasteiger partial charge on any atom is 0.339 e. The van der Waals surface area contributed by atoms with Crippen LogP contribution in [-0.2, 0) is 14.3 Å². The van der Waals surface area contributed by atoms with E-state index in [1.54, 1.807) is 18.2 Å². The number of hydrogen-bond acceptors (Lipinski definition) is 5. The molecule has 0 fully saturated rings. The fourth-order valence-corrected chi connectivity index (χ4v) is 2.21. The van der Waals surface area contributed by atoms with Gasteiger partial charge in [-0.15, -0.1) is 11.8 Å². The van der Waals surface area contributed by atoms with E-state index in [4.69, 9.17) is 4.74 Å². The molecule has 1 rings (SSSR count). The Morgan fingerprint density at radius 3 is 2.50 bits per heavy atom. The second kappa shape index (κ2) is 9.09. The van der Waals surface area contributed by atoms with Crippen LogP contribution in [0.2, 0.25) is 0 Å². The van der Waals surface area contributed by atoms with E-state index in [1.807, 2.05) is 26.2 Å². The van der Waals surface area contributed by atoms with Gasteiger partial charge in [-0.25, -0.2) is 4.79 Å². The van der Waals surface area contributed by atoms with Crippen molar-refractivity contribution in [1.82, 2.24) is 10.6 Å². The van der Waals surface area contributed by atoms with Gasteiger partial charge < -0.3 is 15.4 Å². The molecule has 0 aliphatic heterocycles. The molecule has 22 heavy (non-hydrogen) atoms. The normalized spacial score (nSPS) is 10.2. The Bertz CT molecular complexity index is 546. The summed E-state index contributed by atoms with van der Waals surface area (Å²) in [5.41, 5.74) is 0.417. The van der Waals surface area contributed by atoms with Crippen molar-refractivity contribution in [3.63, 3.8) is 0 Å². The van der Waals surface area contributed by atoms with Crippen molar-refractivity contribution in [3.05, 3.63) is 29.8 Å². The molecule has 2 amide bonds. The Morgan fingerprint density at radius 2 is 1.86 bits per heavy atom. The number of amides is 2. The average Bonchev–Trinajstić information content (AvgIpc) is 2.49. The smallest absolute Gasteiger partial charge is 0.339 e. The highest BCUT2D eigenvalue weighted by molar-refractivity contribution is 7.98. The van der Waals surface area contributed by atoms with Crippen molar-refractivity contribution in [1.29, 1.82) is 0 Å². The first-order chi connectivity index (χ1) is 10.4. The molecule has 0 spiro atoms. The molecule has 0 unspecified atom stereocenters. The van der Waals surface area contributed by atoms with Crippen LogP contribution in [0.3, 0.4) is 0 Å². The molecule has 7 heteroatoms. The predicted molar refractivity (Wildman–Crippen MR) is 84.8 cm³/mol. The Balaban J connectivity index is 2.41. The van der Waals surface area contributed by atoms with Gasteiger partial charge in [-0.2, -0.15) is 0 Å². The van der Waals surface area contributed by atoms with Crippen molar-refractivity contribution in [2.24, 2.45) is 0 Å². The molecule has 0 aliphatic rings. The average molecular weight is 324 g/mol. The Hall–Kier alpha value is -2.02. The fourth-order valence-electron chi connectivity index (χ4n) is 1.63. The quantitative estimate of drug-likeness (QED) is 0.582. The van der Waals surface area contributed by atoms with Crippen LogP contribution in [0.1, 0.15) is 24.2 Å². The molecule has 0 radical (unpaired) electrons. The number of esters is 1. The number of ether oxygens (including phenoxy) is 1. The van der Waals surface area contributed by atoms with Crippen LogP contribution in [0.25, 0.3) is 0 Å². The molecule has 0 atom stereocenters. The molecule has 2 N–H and O–H groups in total. The van der Waals surface area contributed by atoms with E-state index < -0.39 is 18.5 Å². The van der Waals surface area contributed by atoms with Crippen LogP contribution in [0.4, 0.5) is 0 Å². The van der Waals surface area contributed by atoms with Crippen molar-refractivity contribution in [3.8, 4) is 0 Å². The molecule has 0 aliphatic carbocycles. The highest BCUT2D eigenvalue weighted by atomic mass is 32.2. The fraction of sp³-hybridized carbons (Fsp3) is 0.400. The van der Waals surface area contributed by atoms with Gasteiger partial charge in [0.15, 0.2) is 6.61 Å². The third-order valence-corrected chi connectivity index (χ3v) is 3.35. The van der Waals surface area contributed by atoms with Gasteiger partial charge in [-0.05, 0) is 32.2 Å². The lowest BCUT2D eigenvalue weighted by atomic mass is 10.2. The second-order valence-electron chi connectivity index (χ2n) is 4.78. The first kappa shape index (κ1) is 18.0. The van der Waals surface area contributed by atoms with Crippen LogP contribution in [-0.4, -0.2) is 43.2 Å². The number of rotatable bonds is 7. The zero-order valence-electron chi connectivity index (χ0n) is 12.8. The molecule has 1 aromatic rings. The summed E-state index contributed by atoms with van der Waals surface area (Å²) in [5.74, 6) is -1.37. The molecular weight excluding hydrogens is 304 g/mol. The summed E-state index contributed by atoms with van der Waals surface area (Å²) < 4.78 is 4.95. The van der Waals surface area contributed by atoms with E-state index in [1.165, 1.54) is 11.8 Å². The largest absolute Gasteiger partial charge is 0.452 e. The summed E-state index contributed by atoms with van der Waals surface area (Å²) in [6.45, 7) is 3.09. The summed E-state index contributed by atoms with van der Waals surface area (Å²) >= 11 is 1.42. The van der Waals surface area contributed by atoms with E-state index in [9.17, 15) is 14.4 Å². The maximum absolute atomic E-state index is 11.9. The molecule has 0 aromatic heterocycles. The van der Waals surface area contributed by atoms with Gasteiger partial charge in [0.05, 0.1) is 12.1 Å². The summed E-state index contributed by atoms with van der Waals surface area (Å²) in [5, 5.41) is 5.03. The SMILES string of the molecule is CSc1ccccc1C(=O)OCC(=O)NCC(=O)NC(C)C. The maximum atomic E-state index is 11.9. The molecule has 0 saturated heterocycles. The van der Waals surface area contributed by atoms with Crippen LogP contribution >= 0.6 is 11.8 Å². The van der Waals surface area contributed by atoms with Gasteiger partial charge in [0.2, 0.25) is 5.91 Å². The number of benzene rings is 1. The third kappa shape index (κ3) is 6.17. The lowest BCUT2D eigenvalue weighted by molar-refractivity contribution is -0.128. The van der Waals surface area contributed by atoms with Crippen molar-refractivity contribution in [2.45, 2.75) is 24.8 Å². The minimum Gasteiger partial charge on any atom is -0.452 e.